The number of benzene rings is 1. The number of nitrogens with one attached hydrogen (secondary N) is 3. The van der Waals surface area contributed by atoms with Crippen molar-refractivity contribution >= 4 is 23.4 Å². The lowest BCUT2D eigenvalue weighted by Crippen LogP contribution is -2.25. The predicted molar refractivity (Wildman–Crippen MR) is 133 cm³/mol. The van der Waals surface area contributed by atoms with Crippen LogP contribution in [-0.4, -0.2) is 33.8 Å². The third-order valence-corrected chi connectivity index (χ3v) is 5.88. The molecule has 0 bridgehead atoms. The molecule has 0 saturated heterocycles. The van der Waals surface area contributed by atoms with Crippen LogP contribution >= 0.6 is 0 Å². The molecule has 5 N–H and O–H groups in total. The van der Waals surface area contributed by atoms with Crippen molar-refractivity contribution in [3.8, 4) is 0 Å². The fraction of sp³-hybridized carbons (Fsp3) is 0.269. The number of hydrogen-bond donors (Lipinski definition) is 4. The van der Waals surface area contributed by atoms with Gasteiger partial charge in [0.15, 0.2) is 0 Å². The zero-order chi connectivity index (χ0) is 24.9. The molecular weight excluding hydrogens is 450 g/mol. The number of ether oxygens (including phenoxy) is 1. The molecule has 0 spiro atoms. The zero-order valence-corrected chi connectivity index (χ0v) is 19.6. The predicted octanol–water partition coefficient (Wildman–Crippen LogP) is 5.21. The molecular formula is C26H28F2N6O. The van der Waals surface area contributed by atoms with Crippen LogP contribution in [0.1, 0.15) is 48.1 Å². The normalized spacial score (nSPS) is 18.0. The maximum atomic E-state index is 14.4. The first-order valence-electron chi connectivity index (χ1n) is 11.3. The number of pyridine rings is 1. The Morgan fingerprint density at radius 2 is 2.09 bits per heavy atom. The molecule has 9 heteroatoms. The Bertz CT molecular complexity index is 1260. The van der Waals surface area contributed by atoms with Crippen LogP contribution < -0.4 is 11.1 Å². The van der Waals surface area contributed by atoms with Crippen molar-refractivity contribution in [1.29, 1.82) is 5.41 Å². The molecule has 0 unspecified atom stereocenters. The summed E-state index contributed by atoms with van der Waals surface area (Å²) in [5, 5.41) is 11.4. The van der Waals surface area contributed by atoms with Gasteiger partial charge in [0.1, 0.15) is 11.6 Å². The van der Waals surface area contributed by atoms with Gasteiger partial charge in [-0.1, -0.05) is 11.6 Å². The third kappa shape index (κ3) is 5.87. The highest BCUT2D eigenvalue weighted by atomic mass is 19.1. The molecule has 2 atom stereocenters. The summed E-state index contributed by atoms with van der Waals surface area (Å²) in [4.78, 5) is 11.7. The Morgan fingerprint density at radius 1 is 1.31 bits per heavy atom. The number of imidazole rings is 1. The van der Waals surface area contributed by atoms with E-state index < -0.39 is 17.2 Å². The number of allylic oxidation sites excluding steroid dienone is 2. The lowest BCUT2D eigenvalue weighted by Gasteiger charge is -2.27. The molecule has 35 heavy (non-hydrogen) atoms. The molecule has 0 fully saturated rings. The summed E-state index contributed by atoms with van der Waals surface area (Å²) >= 11 is 0. The molecule has 0 aliphatic heterocycles. The van der Waals surface area contributed by atoms with Crippen LogP contribution in [-0.2, 0) is 11.3 Å². The fourth-order valence-corrected chi connectivity index (χ4v) is 4.41. The number of nitrogens with two attached hydrogens (primary N) is 1. The van der Waals surface area contributed by atoms with Gasteiger partial charge >= 0.3 is 0 Å². The number of hydrogen-bond acceptors (Lipinski definition) is 6. The van der Waals surface area contributed by atoms with Gasteiger partial charge in [0.25, 0.3) is 0 Å². The highest BCUT2D eigenvalue weighted by Crippen LogP contribution is 2.36. The van der Waals surface area contributed by atoms with Crippen molar-refractivity contribution in [3.63, 3.8) is 0 Å². The average molecular weight is 479 g/mol. The first kappa shape index (κ1) is 24.4. The lowest BCUT2D eigenvalue weighted by atomic mass is 9.82. The van der Waals surface area contributed by atoms with Gasteiger partial charge in [-0.3, -0.25) is 4.98 Å². The van der Waals surface area contributed by atoms with Crippen LogP contribution in [0.5, 0.6) is 0 Å². The minimum Gasteiger partial charge on any atom is -0.380 e. The number of aromatic amines is 1. The van der Waals surface area contributed by atoms with Gasteiger partial charge in [0, 0.05) is 19.3 Å². The summed E-state index contributed by atoms with van der Waals surface area (Å²) in [7, 11) is 1.45. The maximum Gasteiger partial charge on any atom is 0.205 e. The zero-order valence-electron chi connectivity index (χ0n) is 19.6. The van der Waals surface area contributed by atoms with E-state index in [0.717, 1.165) is 24.1 Å². The van der Waals surface area contributed by atoms with Crippen LogP contribution in [0, 0.1) is 17.0 Å². The van der Waals surface area contributed by atoms with E-state index in [0.29, 0.717) is 17.2 Å². The first-order chi connectivity index (χ1) is 16.8. The van der Waals surface area contributed by atoms with Gasteiger partial charge in [-0.05, 0) is 67.2 Å². The van der Waals surface area contributed by atoms with Crippen LogP contribution in [0.3, 0.4) is 0 Å². The number of aromatic nitrogens is 3. The molecule has 182 valence electrons. The minimum atomic E-state index is -0.810. The van der Waals surface area contributed by atoms with Gasteiger partial charge in [0.2, 0.25) is 5.95 Å². The van der Waals surface area contributed by atoms with Gasteiger partial charge < -0.3 is 26.2 Å². The molecule has 7 nitrogen and oxygen atoms in total. The number of rotatable bonds is 8. The Kier molecular flexibility index (Phi) is 7.48. The third-order valence-electron chi connectivity index (χ3n) is 5.88. The first-order valence-corrected chi connectivity index (χ1v) is 11.3. The van der Waals surface area contributed by atoms with Crippen molar-refractivity contribution in [2.45, 2.75) is 38.3 Å². The van der Waals surface area contributed by atoms with E-state index >= 15 is 0 Å². The van der Waals surface area contributed by atoms with E-state index in [9.17, 15) is 8.78 Å². The molecule has 1 aliphatic carbocycles. The smallest absolute Gasteiger partial charge is 0.205 e. The molecule has 1 aliphatic rings. The highest BCUT2D eigenvalue weighted by Gasteiger charge is 2.22. The number of nitrogens with zero attached hydrogens (tertiary/aromatic N) is 2. The van der Waals surface area contributed by atoms with Gasteiger partial charge in [-0.15, -0.1) is 0 Å². The Labute approximate surface area is 202 Å². The molecule has 2 aromatic heterocycles. The minimum absolute atomic E-state index is 0.0243. The van der Waals surface area contributed by atoms with Gasteiger partial charge in [0.05, 0.1) is 41.7 Å². The SMILES string of the molecule is COCc1cc(F)c(C(=N)/C=C\c2cnc(Nc3cnccc3[C@@H]3CC(C)=C[C@H](N)C3)[nH]2)c(F)c1. The molecule has 3 aromatic rings. The van der Waals surface area contributed by atoms with Crippen LogP contribution in [0.25, 0.3) is 6.08 Å². The van der Waals surface area contributed by atoms with Crippen LogP contribution in [0.15, 0.2) is 54.5 Å². The van der Waals surface area contributed by atoms with Crippen LogP contribution in [0.4, 0.5) is 20.4 Å². The van der Waals surface area contributed by atoms with Crippen LogP contribution in [0.2, 0.25) is 0 Å². The highest BCUT2D eigenvalue weighted by molar-refractivity contribution is 6.09. The molecule has 1 aromatic carbocycles. The van der Waals surface area contributed by atoms with Gasteiger partial charge in [-0.2, -0.15) is 0 Å². The molecule has 0 saturated carbocycles. The number of halogens is 2. The number of H-pyrrole nitrogens is 1. The summed E-state index contributed by atoms with van der Waals surface area (Å²) in [6, 6.07) is 4.36. The average Bonchev–Trinajstić information content (AvgIpc) is 3.24. The van der Waals surface area contributed by atoms with E-state index in [1.165, 1.54) is 30.9 Å². The summed E-state index contributed by atoms with van der Waals surface area (Å²) in [6.07, 6.45) is 11.8. The van der Waals surface area contributed by atoms with Crippen molar-refractivity contribution in [2.24, 2.45) is 5.73 Å². The van der Waals surface area contributed by atoms with Crippen molar-refractivity contribution in [1.82, 2.24) is 15.0 Å². The topological polar surface area (TPSA) is 113 Å². The summed E-state index contributed by atoms with van der Waals surface area (Å²) in [5.41, 5.74) is 9.65. The van der Waals surface area contributed by atoms with Crippen molar-refractivity contribution in [2.75, 3.05) is 12.4 Å². The second-order valence-electron chi connectivity index (χ2n) is 8.70. The Balaban J connectivity index is 1.48. The molecule has 0 amide bonds. The quantitative estimate of drug-likeness (QED) is 0.262. The van der Waals surface area contributed by atoms with Crippen molar-refractivity contribution < 1.29 is 13.5 Å². The van der Waals surface area contributed by atoms with E-state index in [4.69, 9.17) is 15.9 Å². The van der Waals surface area contributed by atoms with Gasteiger partial charge in [-0.25, -0.2) is 13.8 Å². The standard InChI is InChI=1S/C26H28F2N6O/c1-15-7-17(11-18(29)8-15)20-5-6-31-13-24(20)34-26-32-12-19(33-26)3-4-23(30)25-21(27)9-16(14-35-2)10-22(25)28/h3-6,8-10,12-13,17-18,30H,7,11,14,29H2,1-2H3,(H2,32,33,34)/b4-3-,30-23?/t17-,18+/m1/s1. The van der Waals surface area contributed by atoms with E-state index in [1.807, 2.05) is 6.07 Å². The largest absolute Gasteiger partial charge is 0.380 e. The summed E-state index contributed by atoms with van der Waals surface area (Å²) in [6.45, 7) is 2.18. The lowest BCUT2D eigenvalue weighted by molar-refractivity contribution is 0.184. The second kappa shape index (κ2) is 10.7. The molecule has 4 rings (SSSR count). The summed E-state index contributed by atoms with van der Waals surface area (Å²) in [5.74, 6) is -0.861. The summed E-state index contributed by atoms with van der Waals surface area (Å²) < 4.78 is 33.7. The Morgan fingerprint density at radius 3 is 2.80 bits per heavy atom. The molecule has 0 radical (unpaired) electrons. The number of methoxy groups -OCH3 is 1. The number of anilines is 2. The van der Waals surface area contributed by atoms with E-state index in [2.05, 4.69) is 33.3 Å². The van der Waals surface area contributed by atoms with Crippen molar-refractivity contribution in [3.05, 3.63) is 88.5 Å². The monoisotopic (exact) mass is 478 g/mol. The fourth-order valence-electron chi connectivity index (χ4n) is 4.41. The molecule has 2 heterocycles. The Hall–Kier alpha value is -3.69. The second-order valence-corrected chi connectivity index (χ2v) is 8.70. The van der Waals surface area contributed by atoms with E-state index in [1.54, 1.807) is 24.7 Å². The maximum absolute atomic E-state index is 14.4. The van der Waals surface area contributed by atoms with E-state index in [-0.39, 0.29) is 24.3 Å².